The molecule has 146 valence electrons. The minimum Gasteiger partial charge on any atom is -0.455 e. The van der Waals surface area contributed by atoms with E-state index in [1.54, 1.807) is 29.2 Å². The predicted octanol–water partition coefficient (Wildman–Crippen LogP) is 2.15. The van der Waals surface area contributed by atoms with E-state index in [4.69, 9.17) is 4.74 Å². The fourth-order valence-electron chi connectivity index (χ4n) is 2.89. The van der Waals surface area contributed by atoms with Crippen LogP contribution in [0.3, 0.4) is 0 Å². The first kappa shape index (κ1) is 20.6. The Kier molecular flexibility index (Phi) is 7.10. The number of nitrogens with one attached hydrogen (secondary N) is 1. The molecule has 7 nitrogen and oxygen atoms in total. The number of aromatic amines is 1. The molecule has 1 amide bonds. The molecule has 2 aromatic rings. The zero-order chi connectivity index (χ0) is 20.0. The molecule has 27 heavy (non-hydrogen) atoms. The highest BCUT2D eigenvalue weighted by Crippen LogP contribution is 2.13. The van der Waals surface area contributed by atoms with Crippen LogP contribution in [-0.2, 0) is 20.7 Å². The summed E-state index contributed by atoms with van der Waals surface area (Å²) in [4.78, 5) is 38.1. The molecule has 0 saturated heterocycles. The van der Waals surface area contributed by atoms with Gasteiger partial charge in [0.2, 0.25) is 0 Å². The molecule has 1 aromatic heterocycles. The van der Waals surface area contributed by atoms with Gasteiger partial charge < -0.3 is 9.64 Å². The summed E-state index contributed by atoms with van der Waals surface area (Å²) in [7, 11) is 0. The second-order valence-corrected chi connectivity index (χ2v) is 7.47. The summed E-state index contributed by atoms with van der Waals surface area (Å²) in [6.45, 7) is 9.12. The second-order valence-electron chi connectivity index (χ2n) is 7.47. The van der Waals surface area contributed by atoms with E-state index in [-0.39, 0.29) is 24.5 Å². The van der Waals surface area contributed by atoms with Gasteiger partial charge in [-0.1, -0.05) is 45.9 Å². The summed E-state index contributed by atoms with van der Waals surface area (Å²) >= 11 is 0. The first-order valence-corrected chi connectivity index (χ1v) is 9.17. The Labute approximate surface area is 158 Å². The van der Waals surface area contributed by atoms with E-state index >= 15 is 0 Å². The molecule has 1 N–H and O–H groups in total. The molecule has 0 saturated carbocycles. The van der Waals surface area contributed by atoms with Crippen molar-refractivity contribution in [2.24, 2.45) is 11.8 Å². The minimum atomic E-state index is -0.554. The third-order valence-electron chi connectivity index (χ3n) is 3.97. The average molecular weight is 373 g/mol. The Morgan fingerprint density at radius 2 is 1.67 bits per heavy atom. The number of carbonyl (C=O) groups excluding carboxylic acids is 2. The number of aromatic nitrogens is 2. The minimum absolute atomic E-state index is 0.112. The zero-order valence-electron chi connectivity index (χ0n) is 16.3. The number of benzene rings is 1. The number of nitrogens with zero attached hydrogens (tertiary/aromatic N) is 2. The lowest BCUT2D eigenvalue weighted by molar-refractivity contribution is -0.152. The molecule has 0 fully saturated rings. The van der Waals surface area contributed by atoms with Crippen molar-refractivity contribution in [3.8, 4) is 0 Å². The van der Waals surface area contributed by atoms with E-state index in [0.717, 1.165) is 0 Å². The van der Waals surface area contributed by atoms with Crippen LogP contribution >= 0.6 is 0 Å². The van der Waals surface area contributed by atoms with Crippen LogP contribution in [0.25, 0.3) is 10.8 Å². The van der Waals surface area contributed by atoms with Gasteiger partial charge in [0.15, 0.2) is 6.61 Å². The molecule has 0 aliphatic carbocycles. The Morgan fingerprint density at radius 3 is 2.26 bits per heavy atom. The highest BCUT2D eigenvalue weighted by molar-refractivity contribution is 5.87. The van der Waals surface area contributed by atoms with Gasteiger partial charge in [0.25, 0.3) is 11.5 Å². The Morgan fingerprint density at radius 1 is 1.07 bits per heavy atom. The van der Waals surface area contributed by atoms with Gasteiger partial charge in [-0.2, -0.15) is 5.10 Å². The predicted molar refractivity (Wildman–Crippen MR) is 103 cm³/mol. The molecule has 0 atom stereocenters. The van der Waals surface area contributed by atoms with Crippen LogP contribution < -0.4 is 5.56 Å². The largest absolute Gasteiger partial charge is 0.455 e. The highest BCUT2D eigenvalue weighted by atomic mass is 16.5. The van der Waals surface area contributed by atoms with Crippen molar-refractivity contribution in [3.05, 3.63) is 40.3 Å². The van der Waals surface area contributed by atoms with Crippen molar-refractivity contribution < 1.29 is 14.3 Å². The molecule has 0 spiro atoms. The van der Waals surface area contributed by atoms with Gasteiger partial charge in [0, 0.05) is 18.5 Å². The standard InChI is InChI=1S/C20H27N3O4/c1-13(2)10-23(11-14(3)4)18(24)12-27-19(25)9-17-15-7-5-6-8-16(15)20(26)22-21-17/h5-8,13-14H,9-12H2,1-4H3,(H,22,26). The first-order valence-electron chi connectivity index (χ1n) is 9.17. The summed E-state index contributed by atoms with van der Waals surface area (Å²) in [5, 5.41) is 7.41. The van der Waals surface area contributed by atoms with Crippen LogP contribution in [0.15, 0.2) is 29.1 Å². The monoisotopic (exact) mass is 373 g/mol. The van der Waals surface area contributed by atoms with E-state index in [0.29, 0.717) is 41.4 Å². The zero-order valence-corrected chi connectivity index (χ0v) is 16.3. The van der Waals surface area contributed by atoms with Crippen LogP contribution in [0, 0.1) is 11.8 Å². The molecule has 0 aliphatic rings. The van der Waals surface area contributed by atoms with E-state index in [9.17, 15) is 14.4 Å². The van der Waals surface area contributed by atoms with E-state index in [2.05, 4.69) is 10.2 Å². The molecule has 1 heterocycles. The van der Waals surface area contributed by atoms with Gasteiger partial charge in [0.1, 0.15) is 0 Å². The number of amides is 1. The van der Waals surface area contributed by atoms with Crippen LogP contribution in [0.5, 0.6) is 0 Å². The van der Waals surface area contributed by atoms with Crippen molar-refractivity contribution >= 4 is 22.6 Å². The van der Waals surface area contributed by atoms with Crippen molar-refractivity contribution in [1.29, 1.82) is 0 Å². The van der Waals surface area contributed by atoms with E-state index < -0.39 is 5.97 Å². The number of esters is 1. The summed E-state index contributed by atoms with van der Waals surface area (Å²) < 4.78 is 5.17. The molecule has 0 radical (unpaired) electrons. The molecular formula is C20H27N3O4. The topological polar surface area (TPSA) is 92.4 Å². The van der Waals surface area contributed by atoms with Crippen LogP contribution in [-0.4, -0.2) is 46.7 Å². The van der Waals surface area contributed by atoms with Crippen LogP contribution in [0.1, 0.15) is 33.4 Å². The van der Waals surface area contributed by atoms with Crippen LogP contribution in [0.4, 0.5) is 0 Å². The third-order valence-corrected chi connectivity index (χ3v) is 3.97. The number of hydrogen-bond acceptors (Lipinski definition) is 5. The number of fused-ring (bicyclic) bond motifs is 1. The molecule has 0 unspecified atom stereocenters. The number of hydrogen-bond donors (Lipinski definition) is 1. The molecular weight excluding hydrogens is 346 g/mol. The first-order chi connectivity index (χ1) is 12.8. The van der Waals surface area contributed by atoms with Gasteiger partial charge >= 0.3 is 5.97 Å². The maximum atomic E-state index is 12.4. The highest BCUT2D eigenvalue weighted by Gasteiger charge is 2.19. The van der Waals surface area contributed by atoms with Crippen molar-refractivity contribution in [2.75, 3.05) is 19.7 Å². The maximum absolute atomic E-state index is 12.4. The quantitative estimate of drug-likeness (QED) is 0.716. The Hall–Kier alpha value is -2.70. The number of ether oxygens (including phenoxy) is 1. The van der Waals surface area contributed by atoms with Crippen molar-refractivity contribution in [1.82, 2.24) is 15.1 Å². The SMILES string of the molecule is CC(C)CN(CC(C)C)C(=O)COC(=O)Cc1n[nH]c(=O)c2ccccc12. The summed E-state index contributed by atoms with van der Waals surface area (Å²) in [6, 6.07) is 6.93. The third kappa shape index (κ3) is 5.91. The molecule has 1 aromatic carbocycles. The second kappa shape index (κ2) is 9.30. The smallest absolute Gasteiger partial charge is 0.312 e. The fourth-order valence-corrected chi connectivity index (χ4v) is 2.89. The maximum Gasteiger partial charge on any atom is 0.312 e. The van der Waals surface area contributed by atoms with Gasteiger partial charge in [-0.3, -0.25) is 14.4 Å². The van der Waals surface area contributed by atoms with E-state index in [1.807, 2.05) is 27.7 Å². The van der Waals surface area contributed by atoms with Crippen molar-refractivity contribution in [2.45, 2.75) is 34.1 Å². The lowest BCUT2D eigenvalue weighted by Gasteiger charge is -2.26. The van der Waals surface area contributed by atoms with Gasteiger partial charge in [0.05, 0.1) is 17.5 Å². The summed E-state index contributed by atoms with van der Waals surface area (Å²) in [6.07, 6.45) is -0.112. The number of rotatable bonds is 8. The lowest BCUT2D eigenvalue weighted by atomic mass is 10.1. The normalized spacial score (nSPS) is 11.2. The summed E-state index contributed by atoms with van der Waals surface area (Å²) in [5.74, 6) is -0.0904. The summed E-state index contributed by atoms with van der Waals surface area (Å²) in [5.41, 5.74) is 0.111. The number of H-pyrrole nitrogens is 1. The van der Waals surface area contributed by atoms with Crippen LogP contribution in [0.2, 0.25) is 0 Å². The molecule has 0 aliphatic heterocycles. The van der Waals surface area contributed by atoms with Gasteiger partial charge in [-0.25, -0.2) is 5.10 Å². The van der Waals surface area contributed by atoms with Crippen molar-refractivity contribution in [3.63, 3.8) is 0 Å². The van der Waals surface area contributed by atoms with Gasteiger partial charge in [-0.15, -0.1) is 0 Å². The van der Waals surface area contributed by atoms with E-state index in [1.165, 1.54) is 0 Å². The Bertz CT molecular complexity index is 848. The number of carbonyl (C=O) groups is 2. The lowest BCUT2D eigenvalue weighted by Crippen LogP contribution is -2.39. The molecule has 7 heteroatoms. The average Bonchev–Trinajstić information content (AvgIpc) is 2.61. The molecule has 2 rings (SSSR count). The fraction of sp³-hybridized carbons (Fsp3) is 0.500. The van der Waals surface area contributed by atoms with Gasteiger partial charge in [-0.05, 0) is 17.9 Å². The molecule has 0 bridgehead atoms. The Balaban J connectivity index is 2.00.